The quantitative estimate of drug-likeness (QED) is 0.675. The van der Waals surface area contributed by atoms with Gasteiger partial charge in [-0.1, -0.05) is 11.6 Å². The number of rotatable bonds is 5. The summed E-state index contributed by atoms with van der Waals surface area (Å²) < 4.78 is 2.01. The second-order valence-electron chi connectivity index (χ2n) is 4.66. The summed E-state index contributed by atoms with van der Waals surface area (Å²) in [5.41, 5.74) is 1.37. The molecule has 0 saturated heterocycles. The van der Waals surface area contributed by atoms with Crippen LogP contribution in [0.15, 0.2) is 30.7 Å². The number of hydrogen-bond donors (Lipinski definition) is 1. The zero-order valence-electron chi connectivity index (χ0n) is 11.2. The highest BCUT2D eigenvalue weighted by Crippen LogP contribution is 2.28. The summed E-state index contributed by atoms with van der Waals surface area (Å²) in [5, 5.41) is 14.4. The number of nitro groups is 1. The molecule has 0 spiro atoms. The summed E-state index contributed by atoms with van der Waals surface area (Å²) in [7, 11) is 0. The van der Waals surface area contributed by atoms with Crippen molar-refractivity contribution in [1.29, 1.82) is 0 Å². The Hall–Kier alpha value is -2.08. The number of benzene rings is 1. The first-order valence-corrected chi connectivity index (χ1v) is 6.55. The third-order valence-electron chi connectivity index (χ3n) is 2.92. The van der Waals surface area contributed by atoms with E-state index in [1.807, 2.05) is 4.57 Å². The van der Waals surface area contributed by atoms with Gasteiger partial charge in [0.05, 0.1) is 23.5 Å². The Bertz CT molecular complexity index is 625. The molecule has 0 aliphatic heterocycles. The zero-order valence-corrected chi connectivity index (χ0v) is 12.0. The molecule has 1 N–H and O–H groups in total. The van der Waals surface area contributed by atoms with Gasteiger partial charge in [-0.05, 0) is 26.0 Å². The molecule has 0 saturated carbocycles. The maximum Gasteiger partial charge on any atom is 0.293 e. The molecule has 0 aliphatic carbocycles. The Balaban J connectivity index is 2.19. The maximum atomic E-state index is 11.0. The van der Waals surface area contributed by atoms with Crippen LogP contribution in [-0.4, -0.2) is 14.5 Å². The predicted octanol–water partition coefficient (Wildman–Crippen LogP) is 3.64. The summed E-state index contributed by atoms with van der Waals surface area (Å²) in [6, 6.07) is 4.85. The first-order valence-electron chi connectivity index (χ1n) is 6.17. The Kier molecular flexibility index (Phi) is 4.24. The van der Waals surface area contributed by atoms with Crippen molar-refractivity contribution in [1.82, 2.24) is 9.55 Å². The largest absolute Gasteiger partial charge is 0.374 e. The molecule has 2 aromatic rings. The summed E-state index contributed by atoms with van der Waals surface area (Å²) in [4.78, 5) is 14.6. The summed E-state index contributed by atoms with van der Waals surface area (Å²) in [6.07, 6.45) is 3.49. The number of anilines is 1. The van der Waals surface area contributed by atoms with Gasteiger partial charge < -0.3 is 9.88 Å². The van der Waals surface area contributed by atoms with Crippen LogP contribution in [0.25, 0.3) is 0 Å². The Morgan fingerprint density at radius 1 is 1.50 bits per heavy atom. The molecule has 1 heterocycles. The Morgan fingerprint density at radius 2 is 2.25 bits per heavy atom. The average molecular weight is 295 g/mol. The lowest BCUT2D eigenvalue weighted by Crippen LogP contribution is -2.09. The summed E-state index contributed by atoms with van der Waals surface area (Å²) in [6.45, 7) is 4.56. The van der Waals surface area contributed by atoms with Gasteiger partial charge in [0.1, 0.15) is 5.69 Å². The van der Waals surface area contributed by atoms with Gasteiger partial charge >= 0.3 is 0 Å². The van der Waals surface area contributed by atoms with Crippen LogP contribution in [0.2, 0.25) is 5.02 Å². The number of halogens is 1. The number of hydrogen-bond acceptors (Lipinski definition) is 4. The highest BCUT2D eigenvalue weighted by molar-refractivity contribution is 6.30. The topological polar surface area (TPSA) is 73.0 Å². The van der Waals surface area contributed by atoms with Crippen LogP contribution < -0.4 is 5.32 Å². The van der Waals surface area contributed by atoms with Gasteiger partial charge in [-0.3, -0.25) is 10.1 Å². The monoisotopic (exact) mass is 294 g/mol. The molecule has 20 heavy (non-hydrogen) atoms. The van der Waals surface area contributed by atoms with E-state index in [0.29, 0.717) is 17.3 Å². The maximum absolute atomic E-state index is 11.0. The fraction of sp³-hybridized carbons (Fsp3) is 0.308. The molecule has 0 bridgehead atoms. The van der Waals surface area contributed by atoms with E-state index in [9.17, 15) is 10.1 Å². The van der Waals surface area contributed by atoms with Crippen LogP contribution in [0.1, 0.15) is 25.6 Å². The highest BCUT2D eigenvalue weighted by atomic mass is 35.5. The Morgan fingerprint density at radius 3 is 2.90 bits per heavy atom. The molecule has 0 fully saturated rings. The summed E-state index contributed by atoms with van der Waals surface area (Å²) in [5.74, 6) is 0. The van der Waals surface area contributed by atoms with Gasteiger partial charge in [0, 0.05) is 23.3 Å². The van der Waals surface area contributed by atoms with Crippen molar-refractivity contribution < 1.29 is 4.92 Å². The van der Waals surface area contributed by atoms with Crippen molar-refractivity contribution in [2.45, 2.75) is 26.4 Å². The van der Waals surface area contributed by atoms with Gasteiger partial charge in [0.2, 0.25) is 0 Å². The molecule has 0 aliphatic rings. The fourth-order valence-electron chi connectivity index (χ4n) is 1.93. The van der Waals surface area contributed by atoms with Crippen molar-refractivity contribution in [2.24, 2.45) is 0 Å². The molecule has 2 rings (SSSR count). The van der Waals surface area contributed by atoms with E-state index < -0.39 is 4.92 Å². The number of nitro benzene ring substituents is 1. The molecule has 1 aromatic carbocycles. The van der Waals surface area contributed by atoms with Crippen molar-refractivity contribution in [3.63, 3.8) is 0 Å². The van der Waals surface area contributed by atoms with E-state index in [0.717, 1.165) is 5.69 Å². The van der Waals surface area contributed by atoms with Crippen molar-refractivity contribution >= 4 is 23.0 Å². The van der Waals surface area contributed by atoms with E-state index in [4.69, 9.17) is 11.6 Å². The van der Waals surface area contributed by atoms with Crippen LogP contribution in [0.3, 0.4) is 0 Å². The minimum atomic E-state index is -0.450. The molecule has 0 unspecified atom stereocenters. The Labute approximate surface area is 121 Å². The number of imidazole rings is 1. The smallest absolute Gasteiger partial charge is 0.293 e. The van der Waals surface area contributed by atoms with Gasteiger partial charge in [-0.2, -0.15) is 0 Å². The first kappa shape index (κ1) is 14.3. The second-order valence-corrected chi connectivity index (χ2v) is 5.09. The third kappa shape index (κ3) is 3.08. The molecular weight excluding hydrogens is 280 g/mol. The molecule has 0 radical (unpaired) electrons. The van der Waals surface area contributed by atoms with Gasteiger partial charge in [0.15, 0.2) is 0 Å². The van der Waals surface area contributed by atoms with Crippen molar-refractivity contribution in [3.05, 3.63) is 51.6 Å². The zero-order chi connectivity index (χ0) is 14.7. The van der Waals surface area contributed by atoms with E-state index in [2.05, 4.69) is 24.1 Å². The van der Waals surface area contributed by atoms with E-state index in [1.165, 1.54) is 6.07 Å². The van der Waals surface area contributed by atoms with Gasteiger partial charge in [0.25, 0.3) is 5.69 Å². The number of aromatic nitrogens is 2. The minimum absolute atomic E-state index is 0.0342. The minimum Gasteiger partial charge on any atom is -0.374 e. The van der Waals surface area contributed by atoms with Crippen molar-refractivity contribution in [3.8, 4) is 0 Å². The highest BCUT2D eigenvalue weighted by Gasteiger charge is 2.14. The van der Waals surface area contributed by atoms with Crippen LogP contribution in [0.5, 0.6) is 0 Å². The molecule has 106 valence electrons. The fourth-order valence-corrected chi connectivity index (χ4v) is 2.09. The molecule has 1 aromatic heterocycles. The first-order chi connectivity index (χ1) is 9.49. The SMILES string of the molecule is CC(C)n1cncc1CNc1ccc(Cl)cc1[N+](=O)[O-]. The summed E-state index contributed by atoms with van der Waals surface area (Å²) >= 11 is 5.78. The third-order valence-corrected chi connectivity index (χ3v) is 3.15. The van der Waals surface area contributed by atoms with E-state index in [-0.39, 0.29) is 11.7 Å². The molecule has 7 heteroatoms. The van der Waals surface area contributed by atoms with Crippen LogP contribution >= 0.6 is 11.6 Å². The molecule has 0 amide bonds. The molecular formula is C13H15ClN4O2. The molecule has 0 atom stereocenters. The number of nitrogens with one attached hydrogen (secondary N) is 1. The second kappa shape index (κ2) is 5.92. The number of nitrogens with zero attached hydrogens (tertiary/aromatic N) is 3. The van der Waals surface area contributed by atoms with E-state index in [1.54, 1.807) is 24.7 Å². The predicted molar refractivity (Wildman–Crippen MR) is 78.0 cm³/mol. The van der Waals surface area contributed by atoms with Gasteiger partial charge in [-0.25, -0.2) is 4.98 Å². The molecule has 6 nitrogen and oxygen atoms in total. The lowest BCUT2D eigenvalue weighted by molar-refractivity contribution is -0.383. The van der Waals surface area contributed by atoms with E-state index >= 15 is 0 Å². The van der Waals surface area contributed by atoms with Crippen LogP contribution in [-0.2, 0) is 6.54 Å². The lowest BCUT2D eigenvalue weighted by atomic mass is 10.2. The lowest BCUT2D eigenvalue weighted by Gasteiger charge is -2.13. The standard InChI is InChI=1S/C13H15ClN4O2/c1-9(2)17-8-15-6-11(17)7-16-12-4-3-10(14)5-13(12)18(19)20/h3-6,8-9,16H,7H2,1-2H3. The van der Waals surface area contributed by atoms with Gasteiger partial charge in [-0.15, -0.1) is 0 Å². The van der Waals surface area contributed by atoms with Crippen molar-refractivity contribution in [2.75, 3.05) is 5.32 Å². The van der Waals surface area contributed by atoms with Crippen LogP contribution in [0, 0.1) is 10.1 Å². The average Bonchev–Trinajstić information content (AvgIpc) is 2.85. The normalized spacial score (nSPS) is 10.8. The van der Waals surface area contributed by atoms with Crippen LogP contribution in [0.4, 0.5) is 11.4 Å².